The maximum absolute atomic E-state index is 12.8. The molecule has 3 aromatic rings. The Kier molecular flexibility index (Phi) is 5.80. The third-order valence-corrected chi connectivity index (χ3v) is 5.55. The van der Waals surface area contributed by atoms with Crippen molar-refractivity contribution in [1.82, 2.24) is 0 Å². The van der Waals surface area contributed by atoms with Crippen molar-refractivity contribution in [2.75, 3.05) is 13.7 Å². The molecule has 1 aliphatic rings. The van der Waals surface area contributed by atoms with Crippen LogP contribution in [-0.2, 0) is 4.74 Å². The Labute approximate surface area is 181 Å². The molecular weight excluding hydrogens is 424 g/mol. The summed E-state index contributed by atoms with van der Waals surface area (Å²) in [6.45, 7) is -0.657. The number of aliphatic hydroxyl groups excluding tert-OH is 4. The second kappa shape index (κ2) is 8.41. The van der Waals surface area contributed by atoms with Gasteiger partial charge in [-0.25, -0.2) is 0 Å². The zero-order chi connectivity index (χ0) is 23.2. The molecule has 32 heavy (non-hydrogen) atoms. The molecule has 1 fully saturated rings. The molecule has 0 radical (unpaired) electrons. The van der Waals surface area contributed by atoms with Crippen LogP contribution < -0.4 is 10.2 Å². The van der Waals surface area contributed by atoms with Gasteiger partial charge in [0.15, 0.2) is 16.9 Å². The van der Waals surface area contributed by atoms with E-state index in [-0.39, 0.29) is 39.5 Å². The van der Waals surface area contributed by atoms with Gasteiger partial charge in [-0.2, -0.15) is 0 Å². The lowest BCUT2D eigenvalue weighted by Gasteiger charge is -2.40. The van der Waals surface area contributed by atoms with E-state index in [0.29, 0.717) is 5.56 Å². The van der Waals surface area contributed by atoms with E-state index >= 15 is 0 Å². The Morgan fingerprint density at radius 1 is 0.969 bits per heavy atom. The van der Waals surface area contributed by atoms with Crippen LogP contribution in [0.2, 0.25) is 0 Å². The molecule has 2 heterocycles. The molecule has 4 rings (SSSR count). The molecule has 1 aromatic heterocycles. The van der Waals surface area contributed by atoms with Crippen LogP contribution in [0.4, 0.5) is 0 Å². The summed E-state index contributed by atoms with van der Waals surface area (Å²) in [4.78, 5) is 12.8. The molecule has 0 amide bonds. The molecule has 1 saturated heterocycles. The van der Waals surface area contributed by atoms with Crippen LogP contribution in [0.1, 0.15) is 11.7 Å². The Bertz CT molecular complexity index is 1200. The molecule has 5 atom stereocenters. The van der Waals surface area contributed by atoms with E-state index in [2.05, 4.69) is 0 Å². The van der Waals surface area contributed by atoms with Crippen molar-refractivity contribution >= 4 is 11.0 Å². The van der Waals surface area contributed by atoms with Crippen LogP contribution in [0.5, 0.6) is 17.2 Å². The van der Waals surface area contributed by atoms with Crippen LogP contribution in [0.3, 0.4) is 0 Å². The molecule has 0 bridgehead atoms. The summed E-state index contributed by atoms with van der Waals surface area (Å²) in [7, 11) is 1.37. The lowest BCUT2D eigenvalue weighted by molar-refractivity contribution is -0.231. The number of benzene rings is 2. The van der Waals surface area contributed by atoms with Crippen LogP contribution >= 0.6 is 0 Å². The first-order chi connectivity index (χ1) is 15.3. The summed E-state index contributed by atoms with van der Waals surface area (Å²) in [6, 6.07) is 8.10. The number of fused-ring (bicyclic) bond motifs is 1. The number of phenolic OH excluding ortho intramolecular Hbond substituents is 2. The number of ether oxygens (including phenoxy) is 2. The number of aliphatic hydroxyl groups is 4. The first kappa shape index (κ1) is 22.1. The van der Waals surface area contributed by atoms with Gasteiger partial charge >= 0.3 is 0 Å². The largest absolute Gasteiger partial charge is 0.507 e. The highest BCUT2D eigenvalue weighted by atomic mass is 16.5. The fraction of sp³-hybridized carbons (Fsp3) is 0.318. The number of aromatic hydroxyl groups is 2. The number of rotatable bonds is 4. The summed E-state index contributed by atoms with van der Waals surface area (Å²) in [5.74, 6) is -0.267. The van der Waals surface area contributed by atoms with Crippen LogP contribution in [0.25, 0.3) is 22.3 Å². The lowest BCUT2D eigenvalue weighted by Crippen LogP contribution is -2.55. The van der Waals surface area contributed by atoms with Crippen LogP contribution in [0, 0.1) is 0 Å². The third-order valence-electron chi connectivity index (χ3n) is 5.55. The minimum Gasteiger partial charge on any atom is -0.507 e. The molecule has 170 valence electrons. The Balaban J connectivity index is 1.92. The van der Waals surface area contributed by atoms with Crippen molar-refractivity contribution in [2.24, 2.45) is 0 Å². The van der Waals surface area contributed by atoms with E-state index in [9.17, 15) is 35.4 Å². The van der Waals surface area contributed by atoms with E-state index in [1.165, 1.54) is 43.5 Å². The van der Waals surface area contributed by atoms with Gasteiger partial charge in [-0.05, 0) is 30.3 Å². The first-order valence-electron chi connectivity index (χ1n) is 9.74. The molecule has 1 aliphatic heterocycles. The van der Waals surface area contributed by atoms with E-state index in [1.807, 2.05) is 0 Å². The molecule has 0 spiro atoms. The molecule has 0 saturated carbocycles. The molecule has 0 unspecified atom stereocenters. The third kappa shape index (κ3) is 3.57. The fourth-order valence-electron chi connectivity index (χ4n) is 3.82. The maximum atomic E-state index is 12.8. The minimum atomic E-state index is -1.69. The van der Waals surface area contributed by atoms with Crippen molar-refractivity contribution < 1.29 is 44.5 Å². The lowest BCUT2D eigenvalue weighted by atomic mass is 9.90. The van der Waals surface area contributed by atoms with E-state index in [4.69, 9.17) is 13.9 Å². The minimum absolute atomic E-state index is 0.0734. The smallest absolute Gasteiger partial charge is 0.193 e. The summed E-state index contributed by atoms with van der Waals surface area (Å²) in [5, 5.41) is 60.7. The highest BCUT2D eigenvalue weighted by Crippen LogP contribution is 2.41. The number of phenols is 2. The van der Waals surface area contributed by atoms with E-state index in [0.717, 1.165) is 0 Å². The van der Waals surface area contributed by atoms with Gasteiger partial charge in [0.2, 0.25) is 0 Å². The average Bonchev–Trinajstić information content (AvgIpc) is 2.78. The van der Waals surface area contributed by atoms with Gasteiger partial charge in [-0.3, -0.25) is 4.79 Å². The van der Waals surface area contributed by atoms with Crippen molar-refractivity contribution in [3.63, 3.8) is 0 Å². The summed E-state index contributed by atoms with van der Waals surface area (Å²) >= 11 is 0. The zero-order valence-corrected chi connectivity index (χ0v) is 16.9. The fourth-order valence-corrected chi connectivity index (χ4v) is 3.82. The number of hydrogen-bond donors (Lipinski definition) is 6. The van der Waals surface area contributed by atoms with Gasteiger partial charge in [0.1, 0.15) is 47.6 Å². The second-order valence-electron chi connectivity index (χ2n) is 7.49. The zero-order valence-electron chi connectivity index (χ0n) is 16.9. The van der Waals surface area contributed by atoms with Gasteiger partial charge in [-0.15, -0.1) is 0 Å². The molecule has 0 aliphatic carbocycles. The normalized spacial score (nSPS) is 25.7. The van der Waals surface area contributed by atoms with Crippen molar-refractivity contribution in [3.8, 4) is 28.6 Å². The summed E-state index contributed by atoms with van der Waals surface area (Å²) in [6.07, 6.45) is -7.59. The van der Waals surface area contributed by atoms with Crippen LogP contribution in [0.15, 0.2) is 45.6 Å². The summed E-state index contributed by atoms with van der Waals surface area (Å²) in [5.41, 5.74) is -0.297. The molecule has 10 heteroatoms. The molecule has 2 aromatic carbocycles. The van der Waals surface area contributed by atoms with Gasteiger partial charge in [0.05, 0.1) is 24.7 Å². The molecule has 6 N–H and O–H groups in total. The highest BCUT2D eigenvalue weighted by Gasteiger charge is 2.45. The maximum Gasteiger partial charge on any atom is 0.193 e. The second-order valence-corrected chi connectivity index (χ2v) is 7.49. The first-order valence-corrected chi connectivity index (χ1v) is 9.74. The van der Waals surface area contributed by atoms with Crippen molar-refractivity contribution in [1.29, 1.82) is 0 Å². The standard InChI is InChI=1S/C22H22O10/c1-30-15-6-9(2-4-11(15)24)14-7-13(26)10-3-5-12(25)17(21(10)31-14)22-20(29)19(28)18(27)16(8-23)32-22/h2-7,16,18-20,22-25,27-29H,8H2,1H3/t16-,18-,19+,20-,22+/m1/s1. The number of methoxy groups -OCH3 is 1. The monoisotopic (exact) mass is 446 g/mol. The molecule has 10 nitrogen and oxygen atoms in total. The Hall–Kier alpha value is -3.15. The van der Waals surface area contributed by atoms with Crippen molar-refractivity contribution in [2.45, 2.75) is 30.5 Å². The van der Waals surface area contributed by atoms with E-state index < -0.39 is 42.6 Å². The number of hydrogen-bond acceptors (Lipinski definition) is 10. The Morgan fingerprint density at radius 3 is 2.38 bits per heavy atom. The van der Waals surface area contributed by atoms with Crippen LogP contribution in [-0.4, -0.2) is 68.8 Å². The van der Waals surface area contributed by atoms with Gasteiger partial charge in [-0.1, -0.05) is 0 Å². The summed E-state index contributed by atoms with van der Waals surface area (Å²) < 4.78 is 16.6. The molecular formula is C22H22O10. The Morgan fingerprint density at radius 2 is 1.69 bits per heavy atom. The van der Waals surface area contributed by atoms with Gasteiger partial charge in [0.25, 0.3) is 0 Å². The topological polar surface area (TPSA) is 170 Å². The average molecular weight is 446 g/mol. The van der Waals surface area contributed by atoms with E-state index in [1.54, 1.807) is 0 Å². The SMILES string of the molecule is COc1cc(-c2cc(=O)c3ccc(O)c([C@@H]4O[C@H](CO)[C@@H](O)[C@H](O)[C@H]4O)c3o2)ccc1O. The van der Waals surface area contributed by atoms with Crippen molar-refractivity contribution in [3.05, 3.63) is 52.2 Å². The highest BCUT2D eigenvalue weighted by molar-refractivity contribution is 5.84. The van der Waals surface area contributed by atoms with Gasteiger partial charge < -0.3 is 44.5 Å². The predicted octanol–water partition coefficient (Wildman–Crippen LogP) is 0.395. The van der Waals surface area contributed by atoms with Gasteiger partial charge in [0, 0.05) is 11.6 Å². The predicted molar refractivity (Wildman–Crippen MR) is 111 cm³/mol. The quantitative estimate of drug-likeness (QED) is 0.330.